The average molecular weight is 364 g/mol. The molecule has 2 aliphatic heterocycles. The Morgan fingerprint density at radius 2 is 2.12 bits per heavy atom. The van der Waals surface area contributed by atoms with Gasteiger partial charge < -0.3 is 14.8 Å². The molecule has 2 atom stereocenters. The maximum absolute atomic E-state index is 12.4. The lowest BCUT2D eigenvalue weighted by Gasteiger charge is -2.20. The zero-order chi connectivity index (χ0) is 18.0. The van der Waals surface area contributed by atoms with Crippen molar-refractivity contribution in [3.63, 3.8) is 0 Å². The van der Waals surface area contributed by atoms with Crippen molar-refractivity contribution in [2.45, 2.75) is 29.9 Å². The first kappa shape index (κ1) is 17.3. The Bertz CT molecular complexity index is 752. The van der Waals surface area contributed by atoms with Gasteiger partial charge in [-0.15, -0.1) is 11.8 Å². The van der Waals surface area contributed by atoms with Crippen LogP contribution in [0.4, 0.5) is 4.79 Å². The molecule has 8 nitrogen and oxygen atoms in total. The van der Waals surface area contributed by atoms with E-state index < -0.39 is 35.5 Å². The third kappa shape index (κ3) is 3.60. The second-order valence-corrected chi connectivity index (χ2v) is 6.89. The molecule has 0 bridgehead atoms. The van der Waals surface area contributed by atoms with Crippen LogP contribution in [0.5, 0.6) is 0 Å². The summed E-state index contributed by atoms with van der Waals surface area (Å²) in [6.45, 7) is 1.84. The predicted octanol–water partition coefficient (Wildman–Crippen LogP) is 0.849. The SMILES string of the molecule is C[C@]1(CSc2ccccc2C(=O)O[C@H]2CCOC2=O)NC(=O)NC1=O. The van der Waals surface area contributed by atoms with Gasteiger partial charge in [-0.2, -0.15) is 0 Å². The first-order valence-electron chi connectivity index (χ1n) is 7.62. The van der Waals surface area contributed by atoms with Gasteiger partial charge in [0, 0.05) is 17.1 Å². The van der Waals surface area contributed by atoms with Gasteiger partial charge >= 0.3 is 18.0 Å². The van der Waals surface area contributed by atoms with E-state index in [0.29, 0.717) is 16.9 Å². The zero-order valence-electron chi connectivity index (χ0n) is 13.4. The van der Waals surface area contributed by atoms with Gasteiger partial charge in [0.05, 0.1) is 12.2 Å². The molecule has 0 unspecified atom stereocenters. The first-order valence-corrected chi connectivity index (χ1v) is 8.61. The van der Waals surface area contributed by atoms with E-state index in [-0.39, 0.29) is 12.4 Å². The number of hydrogen-bond acceptors (Lipinski definition) is 7. The van der Waals surface area contributed by atoms with E-state index in [1.807, 2.05) is 0 Å². The highest BCUT2D eigenvalue weighted by Crippen LogP contribution is 2.28. The minimum absolute atomic E-state index is 0.236. The molecule has 132 valence electrons. The molecule has 3 rings (SSSR count). The fourth-order valence-corrected chi connectivity index (χ4v) is 3.57. The quantitative estimate of drug-likeness (QED) is 0.453. The molecule has 2 saturated heterocycles. The van der Waals surface area contributed by atoms with Crippen LogP contribution in [0.2, 0.25) is 0 Å². The highest BCUT2D eigenvalue weighted by atomic mass is 32.2. The third-order valence-electron chi connectivity index (χ3n) is 3.88. The summed E-state index contributed by atoms with van der Waals surface area (Å²) in [6.07, 6.45) is -0.549. The van der Waals surface area contributed by atoms with Crippen molar-refractivity contribution in [1.82, 2.24) is 10.6 Å². The Balaban J connectivity index is 1.70. The topological polar surface area (TPSA) is 111 Å². The largest absolute Gasteiger partial charge is 0.463 e. The number of esters is 2. The molecule has 1 aromatic carbocycles. The summed E-state index contributed by atoms with van der Waals surface area (Å²) in [4.78, 5) is 47.6. The smallest absolute Gasteiger partial charge is 0.347 e. The lowest BCUT2D eigenvalue weighted by atomic mass is 10.1. The van der Waals surface area contributed by atoms with Gasteiger partial charge in [-0.3, -0.25) is 10.1 Å². The standard InChI is InChI=1S/C16H16N2O6S/c1-16(14(21)17-15(22)18-16)8-25-11-5-3-2-4-9(11)12(19)24-10-6-7-23-13(10)20/h2-5,10H,6-8H2,1H3,(H2,17,18,21,22)/t10-,16+/m0/s1. The molecule has 2 N–H and O–H groups in total. The van der Waals surface area contributed by atoms with Crippen molar-refractivity contribution in [3.8, 4) is 0 Å². The van der Waals surface area contributed by atoms with E-state index >= 15 is 0 Å². The van der Waals surface area contributed by atoms with E-state index in [2.05, 4.69) is 10.6 Å². The van der Waals surface area contributed by atoms with Gasteiger partial charge in [-0.1, -0.05) is 12.1 Å². The molecule has 1 aromatic rings. The van der Waals surface area contributed by atoms with Crippen molar-refractivity contribution in [2.75, 3.05) is 12.4 Å². The summed E-state index contributed by atoms with van der Waals surface area (Å²) in [6, 6.07) is 6.19. The van der Waals surface area contributed by atoms with Crippen molar-refractivity contribution in [3.05, 3.63) is 29.8 Å². The predicted molar refractivity (Wildman–Crippen MR) is 87.0 cm³/mol. The van der Waals surface area contributed by atoms with Crippen LogP contribution in [0.1, 0.15) is 23.7 Å². The van der Waals surface area contributed by atoms with E-state index in [9.17, 15) is 19.2 Å². The van der Waals surface area contributed by atoms with Crippen molar-refractivity contribution >= 4 is 35.6 Å². The van der Waals surface area contributed by atoms with Crippen LogP contribution in [0.25, 0.3) is 0 Å². The molecular weight excluding hydrogens is 348 g/mol. The molecule has 2 aliphatic rings. The van der Waals surface area contributed by atoms with E-state index in [1.54, 1.807) is 31.2 Å². The molecule has 0 aliphatic carbocycles. The van der Waals surface area contributed by atoms with Crippen molar-refractivity contribution in [2.24, 2.45) is 0 Å². The van der Waals surface area contributed by atoms with Crippen molar-refractivity contribution in [1.29, 1.82) is 0 Å². The Morgan fingerprint density at radius 3 is 2.76 bits per heavy atom. The Morgan fingerprint density at radius 1 is 1.36 bits per heavy atom. The molecular formula is C16H16N2O6S. The summed E-state index contributed by atoms with van der Waals surface area (Å²) >= 11 is 1.24. The molecule has 0 saturated carbocycles. The van der Waals surface area contributed by atoms with E-state index in [0.717, 1.165) is 0 Å². The van der Waals surface area contributed by atoms with Crippen LogP contribution in [0, 0.1) is 0 Å². The molecule has 3 amide bonds. The first-order chi connectivity index (χ1) is 11.9. The summed E-state index contributed by atoms with van der Waals surface area (Å²) in [5.74, 6) is -1.35. The molecule has 2 heterocycles. The highest BCUT2D eigenvalue weighted by Gasteiger charge is 2.42. The second-order valence-electron chi connectivity index (χ2n) is 5.88. The molecule has 0 spiro atoms. The number of amides is 3. The Labute approximate surface area is 147 Å². The highest BCUT2D eigenvalue weighted by molar-refractivity contribution is 7.99. The Hall–Kier alpha value is -2.55. The zero-order valence-corrected chi connectivity index (χ0v) is 14.2. The number of nitrogens with one attached hydrogen (secondary N) is 2. The number of hydrogen-bond donors (Lipinski definition) is 2. The number of ether oxygens (including phenoxy) is 2. The number of thioether (sulfide) groups is 1. The fraction of sp³-hybridized carbons (Fsp3) is 0.375. The number of cyclic esters (lactones) is 1. The molecule has 2 fully saturated rings. The number of rotatable bonds is 5. The number of imide groups is 1. The van der Waals surface area contributed by atoms with Gasteiger partial charge in [-0.25, -0.2) is 14.4 Å². The lowest BCUT2D eigenvalue weighted by Crippen LogP contribution is -2.46. The lowest BCUT2D eigenvalue weighted by molar-refractivity contribution is -0.145. The minimum atomic E-state index is -1.06. The summed E-state index contributed by atoms with van der Waals surface area (Å²) in [7, 11) is 0. The maximum atomic E-state index is 12.4. The van der Waals surface area contributed by atoms with Crippen LogP contribution in [-0.4, -0.2) is 47.9 Å². The molecule has 0 aromatic heterocycles. The number of benzene rings is 1. The normalized spacial score (nSPS) is 25.3. The summed E-state index contributed by atoms with van der Waals surface area (Å²) in [5, 5.41) is 4.75. The van der Waals surface area contributed by atoms with Crippen LogP contribution in [-0.2, 0) is 19.1 Å². The summed E-state index contributed by atoms with van der Waals surface area (Å²) in [5.41, 5.74) is -0.769. The van der Waals surface area contributed by atoms with Gasteiger partial charge in [-0.05, 0) is 19.1 Å². The third-order valence-corrected chi connectivity index (χ3v) is 5.27. The van der Waals surface area contributed by atoms with Gasteiger partial charge in [0.15, 0.2) is 0 Å². The van der Waals surface area contributed by atoms with Crippen LogP contribution < -0.4 is 10.6 Å². The number of carbonyl (C=O) groups excluding carboxylic acids is 4. The summed E-state index contributed by atoms with van der Waals surface area (Å²) < 4.78 is 9.99. The minimum Gasteiger partial charge on any atom is -0.463 e. The fourth-order valence-electron chi connectivity index (χ4n) is 2.44. The van der Waals surface area contributed by atoms with Crippen LogP contribution in [0.15, 0.2) is 29.2 Å². The number of carbonyl (C=O) groups is 4. The van der Waals surface area contributed by atoms with E-state index in [1.165, 1.54) is 11.8 Å². The van der Waals surface area contributed by atoms with Gasteiger partial charge in [0.2, 0.25) is 6.10 Å². The van der Waals surface area contributed by atoms with Crippen LogP contribution in [0.3, 0.4) is 0 Å². The second kappa shape index (κ2) is 6.75. The average Bonchev–Trinajstić information content (AvgIpc) is 3.08. The van der Waals surface area contributed by atoms with Gasteiger partial charge in [0.25, 0.3) is 5.91 Å². The maximum Gasteiger partial charge on any atom is 0.347 e. The Kier molecular flexibility index (Phi) is 4.67. The van der Waals surface area contributed by atoms with Crippen LogP contribution >= 0.6 is 11.8 Å². The van der Waals surface area contributed by atoms with Gasteiger partial charge in [0.1, 0.15) is 5.54 Å². The monoisotopic (exact) mass is 364 g/mol. The number of urea groups is 1. The molecule has 0 radical (unpaired) electrons. The van der Waals surface area contributed by atoms with Crippen molar-refractivity contribution < 1.29 is 28.7 Å². The van der Waals surface area contributed by atoms with E-state index in [4.69, 9.17) is 9.47 Å². The molecule has 9 heteroatoms. The molecule has 25 heavy (non-hydrogen) atoms.